The van der Waals surface area contributed by atoms with Crippen LogP contribution >= 0.6 is 0 Å². The zero-order valence-corrected chi connectivity index (χ0v) is 11.0. The number of esters is 1. The molecule has 7 nitrogen and oxygen atoms in total. The molecule has 7 heteroatoms. The van der Waals surface area contributed by atoms with Gasteiger partial charge in [-0.25, -0.2) is 9.78 Å². The predicted molar refractivity (Wildman–Crippen MR) is 70.9 cm³/mol. The highest BCUT2D eigenvalue weighted by molar-refractivity contribution is 5.85. The van der Waals surface area contributed by atoms with E-state index in [4.69, 9.17) is 15.2 Å². The molecule has 1 aromatic heterocycles. The maximum Gasteiger partial charge on any atom is 0.376 e. The van der Waals surface area contributed by atoms with Gasteiger partial charge in [0.05, 0.1) is 19.9 Å². The Hall–Kier alpha value is -2.83. The Morgan fingerprint density at radius 2 is 2.05 bits per heavy atom. The van der Waals surface area contributed by atoms with Crippen molar-refractivity contribution in [2.45, 2.75) is 0 Å². The molecule has 20 heavy (non-hydrogen) atoms. The van der Waals surface area contributed by atoms with Crippen molar-refractivity contribution in [3.63, 3.8) is 0 Å². The van der Waals surface area contributed by atoms with E-state index >= 15 is 0 Å². The number of nitrogen functional groups attached to an aromatic ring is 1. The lowest BCUT2D eigenvalue weighted by Gasteiger charge is -2.09. The van der Waals surface area contributed by atoms with E-state index in [1.165, 1.54) is 19.4 Å². The molecule has 0 fully saturated rings. The van der Waals surface area contributed by atoms with Crippen LogP contribution in [-0.2, 0) is 4.74 Å². The van der Waals surface area contributed by atoms with Gasteiger partial charge in [-0.15, -0.1) is 0 Å². The SMILES string of the molecule is COC(=O)c1nccc(Oc2ccc(OC)cc2N)n1. The molecule has 0 atom stereocenters. The summed E-state index contributed by atoms with van der Waals surface area (Å²) in [6.07, 6.45) is 1.40. The predicted octanol–water partition coefficient (Wildman–Crippen LogP) is 1.65. The molecule has 0 spiro atoms. The summed E-state index contributed by atoms with van der Waals surface area (Å²) in [5.41, 5.74) is 6.22. The first kappa shape index (κ1) is 13.6. The van der Waals surface area contributed by atoms with E-state index in [9.17, 15) is 4.79 Å². The summed E-state index contributed by atoms with van der Waals surface area (Å²) in [6.45, 7) is 0. The van der Waals surface area contributed by atoms with E-state index in [0.29, 0.717) is 17.2 Å². The second-order valence-electron chi connectivity index (χ2n) is 3.72. The largest absolute Gasteiger partial charge is 0.497 e. The number of hydrogen-bond acceptors (Lipinski definition) is 7. The summed E-state index contributed by atoms with van der Waals surface area (Å²) in [4.78, 5) is 19.0. The number of benzene rings is 1. The van der Waals surface area contributed by atoms with Gasteiger partial charge >= 0.3 is 5.97 Å². The number of methoxy groups -OCH3 is 2. The molecule has 0 radical (unpaired) electrons. The van der Waals surface area contributed by atoms with Crippen LogP contribution in [-0.4, -0.2) is 30.2 Å². The average Bonchev–Trinajstić information content (AvgIpc) is 2.48. The van der Waals surface area contributed by atoms with Crippen LogP contribution in [0.5, 0.6) is 17.4 Å². The molecular weight excluding hydrogens is 262 g/mol. The molecule has 0 unspecified atom stereocenters. The third-order valence-corrected chi connectivity index (χ3v) is 2.43. The molecule has 0 aliphatic carbocycles. The number of carbonyl (C=O) groups is 1. The molecule has 0 aliphatic rings. The zero-order chi connectivity index (χ0) is 14.5. The molecule has 0 bridgehead atoms. The van der Waals surface area contributed by atoms with E-state index in [1.807, 2.05) is 0 Å². The van der Waals surface area contributed by atoms with Crippen molar-refractivity contribution in [2.75, 3.05) is 20.0 Å². The van der Waals surface area contributed by atoms with E-state index in [0.717, 1.165) is 0 Å². The highest BCUT2D eigenvalue weighted by atomic mass is 16.5. The van der Waals surface area contributed by atoms with E-state index in [-0.39, 0.29) is 11.7 Å². The van der Waals surface area contributed by atoms with Crippen LogP contribution in [0.2, 0.25) is 0 Å². The van der Waals surface area contributed by atoms with Gasteiger partial charge in [0.1, 0.15) is 5.75 Å². The Kier molecular flexibility index (Phi) is 3.99. The van der Waals surface area contributed by atoms with Crippen LogP contribution in [0.15, 0.2) is 30.5 Å². The Morgan fingerprint density at radius 3 is 2.70 bits per heavy atom. The highest BCUT2D eigenvalue weighted by Crippen LogP contribution is 2.29. The minimum Gasteiger partial charge on any atom is -0.497 e. The summed E-state index contributed by atoms with van der Waals surface area (Å²) in [5, 5.41) is 0. The van der Waals surface area contributed by atoms with Crippen LogP contribution in [0.25, 0.3) is 0 Å². The molecule has 1 heterocycles. The van der Waals surface area contributed by atoms with Gasteiger partial charge in [0, 0.05) is 18.3 Å². The summed E-state index contributed by atoms with van der Waals surface area (Å²) in [5.74, 6) is 0.487. The highest BCUT2D eigenvalue weighted by Gasteiger charge is 2.11. The monoisotopic (exact) mass is 275 g/mol. The third kappa shape index (κ3) is 2.94. The topological polar surface area (TPSA) is 96.6 Å². The lowest BCUT2D eigenvalue weighted by Crippen LogP contribution is -2.07. The average molecular weight is 275 g/mol. The quantitative estimate of drug-likeness (QED) is 0.669. The van der Waals surface area contributed by atoms with Gasteiger partial charge in [-0.1, -0.05) is 0 Å². The number of nitrogens with zero attached hydrogens (tertiary/aromatic N) is 2. The van der Waals surface area contributed by atoms with Gasteiger partial charge in [0.25, 0.3) is 0 Å². The van der Waals surface area contributed by atoms with Gasteiger partial charge < -0.3 is 19.9 Å². The van der Waals surface area contributed by atoms with Crippen molar-refractivity contribution in [1.82, 2.24) is 9.97 Å². The van der Waals surface area contributed by atoms with Gasteiger partial charge in [-0.3, -0.25) is 0 Å². The minimum absolute atomic E-state index is 0.0860. The lowest BCUT2D eigenvalue weighted by atomic mass is 10.3. The van der Waals surface area contributed by atoms with Crippen molar-refractivity contribution in [2.24, 2.45) is 0 Å². The molecular formula is C13H13N3O4. The standard InChI is InChI=1S/C13H13N3O4/c1-18-8-3-4-10(9(14)7-8)20-11-5-6-15-12(16-11)13(17)19-2/h3-7H,14H2,1-2H3. The number of anilines is 1. The number of ether oxygens (including phenoxy) is 3. The second-order valence-corrected chi connectivity index (χ2v) is 3.72. The molecule has 0 saturated heterocycles. The third-order valence-electron chi connectivity index (χ3n) is 2.43. The first-order chi connectivity index (χ1) is 9.63. The van der Waals surface area contributed by atoms with Crippen LogP contribution in [0.1, 0.15) is 10.6 Å². The Balaban J connectivity index is 2.24. The molecule has 0 saturated carbocycles. The Morgan fingerprint density at radius 1 is 1.25 bits per heavy atom. The minimum atomic E-state index is -0.641. The van der Waals surface area contributed by atoms with Crippen molar-refractivity contribution in [1.29, 1.82) is 0 Å². The maximum absolute atomic E-state index is 11.3. The van der Waals surface area contributed by atoms with Crippen LogP contribution in [0, 0.1) is 0 Å². The van der Waals surface area contributed by atoms with Gasteiger partial charge in [0.2, 0.25) is 11.7 Å². The number of aromatic nitrogens is 2. The van der Waals surface area contributed by atoms with Crippen molar-refractivity contribution in [3.05, 3.63) is 36.3 Å². The number of carbonyl (C=O) groups excluding carboxylic acids is 1. The Labute approximate surface area is 115 Å². The normalized spacial score (nSPS) is 9.90. The van der Waals surface area contributed by atoms with Crippen LogP contribution < -0.4 is 15.2 Å². The number of hydrogen-bond donors (Lipinski definition) is 1. The van der Waals surface area contributed by atoms with E-state index in [1.54, 1.807) is 25.3 Å². The molecule has 0 aliphatic heterocycles. The molecule has 2 rings (SSSR count). The molecule has 2 aromatic rings. The molecule has 0 amide bonds. The summed E-state index contributed by atoms with van der Waals surface area (Å²) >= 11 is 0. The summed E-state index contributed by atoms with van der Waals surface area (Å²) in [7, 11) is 2.79. The maximum atomic E-state index is 11.3. The van der Waals surface area contributed by atoms with Crippen LogP contribution in [0.3, 0.4) is 0 Å². The fourth-order valence-corrected chi connectivity index (χ4v) is 1.45. The first-order valence-corrected chi connectivity index (χ1v) is 5.66. The first-order valence-electron chi connectivity index (χ1n) is 5.66. The van der Waals surface area contributed by atoms with E-state index < -0.39 is 5.97 Å². The van der Waals surface area contributed by atoms with Gasteiger partial charge in [-0.05, 0) is 12.1 Å². The molecule has 2 N–H and O–H groups in total. The lowest BCUT2D eigenvalue weighted by molar-refractivity contribution is 0.0585. The number of rotatable bonds is 4. The van der Waals surface area contributed by atoms with Gasteiger partial charge in [-0.2, -0.15) is 4.98 Å². The Bertz CT molecular complexity index is 631. The van der Waals surface area contributed by atoms with Crippen molar-refractivity contribution < 1.29 is 19.0 Å². The van der Waals surface area contributed by atoms with Crippen molar-refractivity contribution >= 4 is 11.7 Å². The van der Waals surface area contributed by atoms with Gasteiger partial charge in [0.15, 0.2) is 5.75 Å². The summed E-state index contributed by atoms with van der Waals surface area (Å²) in [6, 6.07) is 6.48. The zero-order valence-electron chi connectivity index (χ0n) is 11.0. The fraction of sp³-hybridized carbons (Fsp3) is 0.154. The van der Waals surface area contributed by atoms with Crippen molar-refractivity contribution in [3.8, 4) is 17.4 Å². The smallest absolute Gasteiger partial charge is 0.376 e. The summed E-state index contributed by atoms with van der Waals surface area (Å²) < 4.78 is 15.1. The van der Waals surface area contributed by atoms with Crippen LogP contribution in [0.4, 0.5) is 5.69 Å². The molecule has 104 valence electrons. The second kappa shape index (κ2) is 5.87. The molecule has 1 aromatic carbocycles. The fourth-order valence-electron chi connectivity index (χ4n) is 1.45. The number of nitrogens with two attached hydrogens (primary N) is 1. The van der Waals surface area contributed by atoms with E-state index in [2.05, 4.69) is 14.7 Å².